The molecule has 2 aromatic heterocycles. The molecule has 0 spiro atoms. The van der Waals surface area contributed by atoms with Crippen LogP contribution in [0.25, 0.3) is 5.69 Å². The highest BCUT2D eigenvalue weighted by atomic mass is 35.5. The Morgan fingerprint density at radius 3 is 2.57 bits per heavy atom. The van der Waals surface area contributed by atoms with Gasteiger partial charge in [0.15, 0.2) is 10.9 Å². The topological polar surface area (TPSA) is 85.6 Å². The summed E-state index contributed by atoms with van der Waals surface area (Å²) in [5.74, 6) is 0.118. The van der Waals surface area contributed by atoms with Crippen LogP contribution in [0.4, 0.5) is 0 Å². The maximum absolute atomic E-state index is 12.5. The number of nitrogens with zero attached hydrogens (tertiary/aromatic N) is 5. The number of aromatic nitrogens is 5. The van der Waals surface area contributed by atoms with Crippen LogP contribution in [0.15, 0.2) is 48.1 Å². The second-order valence-corrected chi connectivity index (χ2v) is 7.37. The van der Waals surface area contributed by atoms with E-state index in [4.69, 9.17) is 11.6 Å². The standard InChI is InChI=1S/C19H19ClN6OS/c1-4-9-21-18(27)17-16(11-28-19-22-12(2)10-13(3)23-19)26(25-24-17)15-7-5-14(20)6-8-15/h4-8,10H,1,9,11H2,2-3H3,(H,21,27). The molecule has 3 rings (SSSR count). The van der Waals surface area contributed by atoms with Crippen molar-refractivity contribution in [3.05, 3.63) is 70.8 Å². The third-order valence-electron chi connectivity index (χ3n) is 3.76. The fourth-order valence-electron chi connectivity index (χ4n) is 2.54. The van der Waals surface area contributed by atoms with Gasteiger partial charge in [0.2, 0.25) is 0 Å². The fraction of sp³-hybridized carbons (Fsp3) is 0.211. The summed E-state index contributed by atoms with van der Waals surface area (Å²) >= 11 is 7.41. The summed E-state index contributed by atoms with van der Waals surface area (Å²) in [6.07, 6.45) is 1.61. The lowest BCUT2D eigenvalue weighted by Gasteiger charge is -2.08. The molecule has 0 saturated carbocycles. The average molecular weight is 415 g/mol. The maximum Gasteiger partial charge on any atom is 0.274 e. The summed E-state index contributed by atoms with van der Waals surface area (Å²) < 4.78 is 1.63. The molecule has 0 aliphatic carbocycles. The molecule has 0 saturated heterocycles. The molecule has 1 N–H and O–H groups in total. The Morgan fingerprint density at radius 1 is 1.25 bits per heavy atom. The minimum absolute atomic E-state index is 0.258. The Hall–Kier alpha value is -2.71. The number of carbonyl (C=O) groups excluding carboxylic acids is 1. The van der Waals surface area contributed by atoms with Gasteiger partial charge in [0.25, 0.3) is 5.91 Å². The highest BCUT2D eigenvalue weighted by molar-refractivity contribution is 7.98. The van der Waals surface area contributed by atoms with E-state index in [9.17, 15) is 4.79 Å². The van der Waals surface area contributed by atoms with Crippen LogP contribution in [0.5, 0.6) is 0 Å². The van der Waals surface area contributed by atoms with Crippen LogP contribution in [0.2, 0.25) is 5.02 Å². The van der Waals surface area contributed by atoms with Gasteiger partial charge >= 0.3 is 0 Å². The first kappa shape index (κ1) is 20.0. The van der Waals surface area contributed by atoms with Gasteiger partial charge in [-0.2, -0.15) is 0 Å². The Balaban J connectivity index is 1.94. The van der Waals surface area contributed by atoms with Gasteiger partial charge in [0.05, 0.1) is 11.4 Å². The van der Waals surface area contributed by atoms with Crippen molar-refractivity contribution in [1.82, 2.24) is 30.3 Å². The van der Waals surface area contributed by atoms with E-state index in [0.29, 0.717) is 28.2 Å². The van der Waals surface area contributed by atoms with Gasteiger partial charge in [0.1, 0.15) is 0 Å². The molecule has 0 fully saturated rings. The largest absolute Gasteiger partial charge is 0.347 e. The van der Waals surface area contributed by atoms with Gasteiger partial charge in [-0.3, -0.25) is 4.79 Å². The molecule has 7 nitrogen and oxygen atoms in total. The highest BCUT2D eigenvalue weighted by Gasteiger charge is 2.21. The van der Waals surface area contributed by atoms with Crippen molar-refractivity contribution < 1.29 is 4.79 Å². The molecule has 0 unspecified atom stereocenters. The molecule has 2 heterocycles. The van der Waals surface area contributed by atoms with E-state index in [2.05, 4.69) is 32.2 Å². The zero-order valence-electron chi connectivity index (χ0n) is 15.5. The van der Waals surface area contributed by atoms with Crippen LogP contribution in [-0.2, 0) is 5.75 Å². The van der Waals surface area contributed by atoms with E-state index in [-0.39, 0.29) is 11.6 Å². The second-order valence-electron chi connectivity index (χ2n) is 5.99. The number of halogens is 1. The Bertz CT molecular complexity index is 982. The number of benzene rings is 1. The molecule has 0 bridgehead atoms. The second kappa shape index (κ2) is 8.99. The average Bonchev–Trinajstić information content (AvgIpc) is 3.08. The molecule has 9 heteroatoms. The van der Waals surface area contributed by atoms with Gasteiger partial charge in [-0.05, 0) is 44.2 Å². The first-order chi connectivity index (χ1) is 13.5. The van der Waals surface area contributed by atoms with E-state index in [1.807, 2.05) is 32.0 Å². The molecular formula is C19H19ClN6OS. The molecule has 0 aliphatic heterocycles. The van der Waals surface area contributed by atoms with Gasteiger partial charge < -0.3 is 5.32 Å². The van der Waals surface area contributed by atoms with Gasteiger partial charge in [-0.1, -0.05) is 34.7 Å². The quantitative estimate of drug-likeness (QED) is 0.361. The van der Waals surface area contributed by atoms with Crippen molar-refractivity contribution in [1.29, 1.82) is 0 Å². The molecule has 28 heavy (non-hydrogen) atoms. The van der Waals surface area contributed by atoms with Crippen LogP contribution in [0, 0.1) is 13.8 Å². The summed E-state index contributed by atoms with van der Waals surface area (Å²) in [4.78, 5) is 21.4. The minimum atomic E-state index is -0.308. The number of thioether (sulfide) groups is 1. The predicted molar refractivity (Wildman–Crippen MR) is 110 cm³/mol. The van der Waals surface area contributed by atoms with E-state index in [1.54, 1.807) is 22.9 Å². The summed E-state index contributed by atoms with van der Waals surface area (Å²) in [6, 6.07) is 9.09. The fourth-order valence-corrected chi connectivity index (χ4v) is 3.60. The Morgan fingerprint density at radius 2 is 1.93 bits per heavy atom. The maximum atomic E-state index is 12.5. The third kappa shape index (κ3) is 4.76. The molecule has 0 aliphatic rings. The third-order valence-corrected chi connectivity index (χ3v) is 4.87. The molecule has 1 aromatic carbocycles. The Kier molecular flexibility index (Phi) is 6.43. The molecule has 1 amide bonds. The number of carbonyl (C=O) groups is 1. The number of aryl methyl sites for hydroxylation is 2. The van der Waals surface area contributed by atoms with Crippen molar-refractivity contribution >= 4 is 29.3 Å². The Labute approximate surface area is 172 Å². The molecule has 144 valence electrons. The monoisotopic (exact) mass is 414 g/mol. The number of nitrogens with one attached hydrogen (secondary N) is 1. The van der Waals surface area contributed by atoms with Crippen molar-refractivity contribution in [3.63, 3.8) is 0 Å². The zero-order valence-corrected chi connectivity index (χ0v) is 17.1. The molecule has 3 aromatic rings. The normalized spacial score (nSPS) is 10.7. The predicted octanol–water partition coefficient (Wildman–Crippen LogP) is 3.54. The van der Waals surface area contributed by atoms with Gasteiger partial charge in [-0.25, -0.2) is 14.6 Å². The first-order valence-electron chi connectivity index (χ1n) is 8.52. The lowest BCUT2D eigenvalue weighted by molar-refractivity contribution is 0.0952. The number of rotatable bonds is 7. The van der Waals surface area contributed by atoms with E-state index in [1.165, 1.54) is 11.8 Å². The number of hydrogen-bond donors (Lipinski definition) is 1. The molecular weight excluding hydrogens is 396 g/mol. The lowest BCUT2D eigenvalue weighted by atomic mass is 10.3. The number of hydrogen-bond acceptors (Lipinski definition) is 6. The van der Waals surface area contributed by atoms with E-state index in [0.717, 1.165) is 17.1 Å². The van der Waals surface area contributed by atoms with E-state index < -0.39 is 0 Å². The summed E-state index contributed by atoms with van der Waals surface area (Å²) in [7, 11) is 0. The van der Waals surface area contributed by atoms with Crippen LogP contribution in [0.3, 0.4) is 0 Å². The first-order valence-corrected chi connectivity index (χ1v) is 9.89. The highest BCUT2D eigenvalue weighted by Crippen LogP contribution is 2.24. The summed E-state index contributed by atoms with van der Waals surface area (Å²) in [6.45, 7) is 7.81. The minimum Gasteiger partial charge on any atom is -0.347 e. The lowest BCUT2D eigenvalue weighted by Crippen LogP contribution is -2.25. The molecule has 0 radical (unpaired) electrons. The van der Waals surface area contributed by atoms with Crippen LogP contribution in [-0.4, -0.2) is 37.4 Å². The van der Waals surface area contributed by atoms with E-state index >= 15 is 0 Å². The van der Waals surface area contributed by atoms with Crippen LogP contribution >= 0.6 is 23.4 Å². The molecule has 0 atom stereocenters. The smallest absolute Gasteiger partial charge is 0.274 e. The zero-order chi connectivity index (χ0) is 20.1. The SMILES string of the molecule is C=CCNC(=O)c1nnn(-c2ccc(Cl)cc2)c1CSc1nc(C)cc(C)n1. The van der Waals surface area contributed by atoms with Crippen molar-refractivity contribution in [2.75, 3.05) is 6.54 Å². The summed E-state index contributed by atoms with van der Waals surface area (Å²) in [5.41, 5.74) is 3.45. The van der Waals surface area contributed by atoms with Gasteiger partial charge in [0, 0.05) is 28.7 Å². The van der Waals surface area contributed by atoms with Gasteiger partial charge in [-0.15, -0.1) is 11.7 Å². The van der Waals surface area contributed by atoms with Crippen molar-refractivity contribution in [3.8, 4) is 5.69 Å². The number of amides is 1. The van der Waals surface area contributed by atoms with Crippen molar-refractivity contribution in [2.24, 2.45) is 0 Å². The van der Waals surface area contributed by atoms with Crippen LogP contribution < -0.4 is 5.32 Å². The van der Waals surface area contributed by atoms with Crippen LogP contribution in [0.1, 0.15) is 27.6 Å². The van der Waals surface area contributed by atoms with Crippen molar-refractivity contribution in [2.45, 2.75) is 24.8 Å². The summed E-state index contributed by atoms with van der Waals surface area (Å²) in [5, 5.41) is 12.3.